The average Bonchev–Trinajstić information content (AvgIpc) is 3.00. The van der Waals surface area contributed by atoms with Crippen LogP contribution in [0.3, 0.4) is 0 Å². The molecule has 138 valence electrons. The zero-order valence-electron chi connectivity index (χ0n) is 14.9. The fourth-order valence-corrected chi connectivity index (χ4v) is 3.21. The second-order valence-electron chi connectivity index (χ2n) is 6.40. The van der Waals surface area contributed by atoms with E-state index in [1.807, 2.05) is 24.3 Å². The van der Waals surface area contributed by atoms with Crippen LogP contribution in [0, 0.1) is 0 Å². The van der Waals surface area contributed by atoms with E-state index in [1.54, 1.807) is 60.7 Å². The molecule has 0 radical (unpaired) electrons. The first-order valence-electron chi connectivity index (χ1n) is 8.88. The summed E-state index contributed by atoms with van der Waals surface area (Å²) in [5, 5.41) is 0. The number of carbonyl (C=O) groups is 3. The van der Waals surface area contributed by atoms with Crippen molar-refractivity contribution in [1.82, 2.24) is 4.90 Å². The number of ether oxygens (including phenoxy) is 1. The summed E-state index contributed by atoms with van der Waals surface area (Å²) in [6.45, 7) is -0.301. The number of hydrogen-bond acceptors (Lipinski definition) is 4. The summed E-state index contributed by atoms with van der Waals surface area (Å²) in [4.78, 5) is 39.1. The first kappa shape index (κ1) is 17.8. The number of ketones is 1. The highest BCUT2D eigenvalue weighted by Gasteiger charge is 2.36. The van der Waals surface area contributed by atoms with Gasteiger partial charge in [-0.15, -0.1) is 0 Å². The van der Waals surface area contributed by atoms with E-state index in [-0.39, 0.29) is 12.5 Å². The lowest BCUT2D eigenvalue weighted by Gasteiger charge is -2.21. The van der Waals surface area contributed by atoms with Crippen molar-refractivity contribution in [3.63, 3.8) is 0 Å². The Balaban J connectivity index is 1.58. The molecule has 1 atom stereocenters. The molecular weight excluding hydrogens is 354 g/mol. The SMILES string of the molecule is O=C(c1ccccc1)C(OCN1C(=O)c2ccccc2C1=O)c1ccccc1. The molecule has 0 aliphatic carbocycles. The van der Waals surface area contributed by atoms with Crippen LogP contribution < -0.4 is 0 Å². The van der Waals surface area contributed by atoms with Crippen molar-refractivity contribution in [1.29, 1.82) is 0 Å². The molecule has 5 nitrogen and oxygen atoms in total. The molecule has 28 heavy (non-hydrogen) atoms. The topological polar surface area (TPSA) is 63.7 Å². The van der Waals surface area contributed by atoms with Gasteiger partial charge in [-0.25, -0.2) is 4.90 Å². The average molecular weight is 371 g/mol. The molecule has 1 heterocycles. The molecule has 0 spiro atoms. The van der Waals surface area contributed by atoms with Crippen LogP contribution in [0.25, 0.3) is 0 Å². The molecule has 0 bridgehead atoms. The maximum Gasteiger partial charge on any atom is 0.263 e. The Kier molecular flexibility index (Phi) is 4.83. The second-order valence-corrected chi connectivity index (χ2v) is 6.40. The number of benzene rings is 3. The number of Topliss-reactive ketones (excluding diaryl/α,β-unsaturated/α-hetero) is 1. The van der Waals surface area contributed by atoms with E-state index in [2.05, 4.69) is 0 Å². The van der Waals surface area contributed by atoms with Crippen molar-refractivity contribution in [2.45, 2.75) is 6.10 Å². The first-order valence-corrected chi connectivity index (χ1v) is 8.88. The van der Waals surface area contributed by atoms with E-state index in [1.165, 1.54) is 0 Å². The van der Waals surface area contributed by atoms with E-state index in [9.17, 15) is 14.4 Å². The number of fused-ring (bicyclic) bond motifs is 1. The van der Waals surface area contributed by atoms with Crippen molar-refractivity contribution in [2.75, 3.05) is 6.73 Å². The van der Waals surface area contributed by atoms with E-state index in [0.29, 0.717) is 22.3 Å². The lowest BCUT2D eigenvalue weighted by Crippen LogP contribution is -2.34. The van der Waals surface area contributed by atoms with Gasteiger partial charge in [0.1, 0.15) is 12.8 Å². The number of rotatable bonds is 6. The van der Waals surface area contributed by atoms with Crippen molar-refractivity contribution in [3.05, 3.63) is 107 Å². The van der Waals surface area contributed by atoms with Crippen molar-refractivity contribution in [3.8, 4) is 0 Å². The summed E-state index contributed by atoms with van der Waals surface area (Å²) in [5.41, 5.74) is 1.86. The third-order valence-corrected chi connectivity index (χ3v) is 4.65. The molecule has 0 N–H and O–H groups in total. The fraction of sp³-hybridized carbons (Fsp3) is 0.0870. The van der Waals surface area contributed by atoms with Crippen LogP contribution in [0.2, 0.25) is 0 Å². The molecule has 2 amide bonds. The van der Waals surface area contributed by atoms with Gasteiger partial charge in [0.15, 0.2) is 5.78 Å². The van der Waals surface area contributed by atoms with Crippen LogP contribution in [-0.2, 0) is 4.74 Å². The zero-order valence-corrected chi connectivity index (χ0v) is 14.9. The summed E-state index contributed by atoms with van der Waals surface area (Å²) >= 11 is 0. The molecule has 5 heteroatoms. The minimum absolute atomic E-state index is 0.233. The monoisotopic (exact) mass is 371 g/mol. The molecule has 3 aromatic rings. The molecule has 1 aliphatic rings. The Morgan fingerprint density at radius 1 is 0.750 bits per heavy atom. The van der Waals surface area contributed by atoms with E-state index in [0.717, 1.165) is 4.90 Å². The number of nitrogens with zero attached hydrogens (tertiary/aromatic N) is 1. The number of hydrogen-bond donors (Lipinski definition) is 0. The second kappa shape index (κ2) is 7.58. The Labute approximate surface area is 162 Å². The molecule has 4 rings (SSSR count). The van der Waals surface area contributed by atoms with Gasteiger partial charge in [-0.05, 0) is 17.7 Å². The molecule has 1 unspecified atom stereocenters. The molecule has 3 aromatic carbocycles. The Bertz CT molecular complexity index is 996. The van der Waals surface area contributed by atoms with Gasteiger partial charge in [0.25, 0.3) is 11.8 Å². The van der Waals surface area contributed by atoms with Crippen LogP contribution in [0.5, 0.6) is 0 Å². The molecule has 0 saturated carbocycles. The minimum atomic E-state index is -0.923. The largest absolute Gasteiger partial charge is 0.344 e. The normalized spacial score (nSPS) is 14.1. The standard InChI is InChI=1S/C23H17NO4/c25-20(16-9-3-1-4-10-16)21(17-11-5-2-6-12-17)28-15-24-22(26)18-13-7-8-14-19(18)23(24)27/h1-14,21H,15H2. The molecular formula is C23H17NO4. The van der Waals surface area contributed by atoms with E-state index in [4.69, 9.17) is 4.74 Å². The van der Waals surface area contributed by atoms with Crippen LogP contribution in [-0.4, -0.2) is 29.2 Å². The lowest BCUT2D eigenvalue weighted by molar-refractivity contribution is -0.00370. The van der Waals surface area contributed by atoms with Gasteiger partial charge in [0.05, 0.1) is 11.1 Å². The maximum absolute atomic E-state index is 13.0. The van der Waals surface area contributed by atoms with Gasteiger partial charge in [0.2, 0.25) is 0 Å². The third kappa shape index (κ3) is 3.23. The summed E-state index contributed by atoms with van der Waals surface area (Å²) in [6, 6.07) is 24.5. The Hall–Kier alpha value is -3.57. The number of amides is 2. The van der Waals surface area contributed by atoms with Crippen molar-refractivity contribution < 1.29 is 19.1 Å². The predicted molar refractivity (Wildman–Crippen MR) is 103 cm³/mol. The molecule has 0 fully saturated rings. The Morgan fingerprint density at radius 2 is 1.25 bits per heavy atom. The summed E-state index contributed by atoms with van der Waals surface area (Å²) < 4.78 is 5.84. The number of imide groups is 1. The highest BCUT2D eigenvalue weighted by atomic mass is 16.5. The van der Waals surface area contributed by atoms with Crippen LogP contribution in [0.4, 0.5) is 0 Å². The van der Waals surface area contributed by atoms with E-state index < -0.39 is 17.9 Å². The number of carbonyl (C=O) groups excluding carboxylic acids is 3. The molecule has 0 aromatic heterocycles. The third-order valence-electron chi connectivity index (χ3n) is 4.65. The van der Waals surface area contributed by atoms with Crippen molar-refractivity contribution >= 4 is 17.6 Å². The predicted octanol–water partition coefficient (Wildman–Crippen LogP) is 3.88. The van der Waals surface area contributed by atoms with Gasteiger partial charge in [-0.2, -0.15) is 0 Å². The molecule has 1 aliphatic heterocycles. The van der Waals surface area contributed by atoms with Gasteiger partial charge in [0, 0.05) is 5.56 Å². The van der Waals surface area contributed by atoms with Gasteiger partial charge in [-0.1, -0.05) is 72.8 Å². The van der Waals surface area contributed by atoms with Gasteiger partial charge < -0.3 is 4.74 Å². The lowest BCUT2D eigenvalue weighted by atomic mass is 10.00. The highest BCUT2D eigenvalue weighted by molar-refractivity contribution is 6.21. The maximum atomic E-state index is 13.0. The van der Waals surface area contributed by atoms with Crippen LogP contribution in [0.1, 0.15) is 42.7 Å². The minimum Gasteiger partial charge on any atom is -0.344 e. The Morgan fingerprint density at radius 3 is 1.82 bits per heavy atom. The molecule has 0 saturated heterocycles. The van der Waals surface area contributed by atoms with Crippen molar-refractivity contribution in [2.24, 2.45) is 0 Å². The zero-order chi connectivity index (χ0) is 19.5. The van der Waals surface area contributed by atoms with E-state index >= 15 is 0 Å². The first-order chi connectivity index (χ1) is 13.7. The highest BCUT2D eigenvalue weighted by Crippen LogP contribution is 2.26. The summed E-state index contributed by atoms with van der Waals surface area (Å²) in [6.07, 6.45) is -0.923. The van der Waals surface area contributed by atoms with Gasteiger partial charge >= 0.3 is 0 Å². The smallest absolute Gasteiger partial charge is 0.263 e. The fourth-order valence-electron chi connectivity index (χ4n) is 3.21. The van der Waals surface area contributed by atoms with Gasteiger partial charge in [-0.3, -0.25) is 14.4 Å². The van der Waals surface area contributed by atoms with Crippen LogP contribution in [0.15, 0.2) is 84.9 Å². The quantitative estimate of drug-likeness (QED) is 0.487. The summed E-state index contributed by atoms with van der Waals surface area (Å²) in [7, 11) is 0. The summed E-state index contributed by atoms with van der Waals surface area (Å²) in [5.74, 6) is -1.07. The van der Waals surface area contributed by atoms with Crippen LogP contribution >= 0.6 is 0 Å².